The molecule has 1 aromatic carbocycles. The highest BCUT2D eigenvalue weighted by atomic mass is 16.3. The molecule has 0 radical (unpaired) electrons. The SMILES string of the molecule is CCCCCCCCCCCCN=c1cc2c(=O)n(CCCCCCCCCCCC)c(=O)c3c(NCCCCCCCCCCCC)cc4c(O)n(CCCCCCCCCCCC)c(=O)c1c4c3-2. The molecule has 0 atom stereocenters. The Kier molecular flexibility index (Phi) is 30.8. The fraction of sp³-hybridized carbons (Fsp3) is 0.774. The van der Waals surface area contributed by atoms with Crippen LogP contribution < -0.4 is 27.4 Å². The molecule has 1 aliphatic heterocycles. The summed E-state index contributed by atoms with van der Waals surface area (Å²) in [7, 11) is 0. The van der Waals surface area contributed by atoms with Crippen LogP contribution in [0, 0.1) is 0 Å². The lowest BCUT2D eigenvalue weighted by Gasteiger charge is -2.22. The van der Waals surface area contributed by atoms with E-state index >= 15 is 0 Å². The van der Waals surface area contributed by atoms with E-state index in [1.54, 1.807) is 4.57 Å². The Labute approximate surface area is 426 Å². The van der Waals surface area contributed by atoms with Gasteiger partial charge in [0.2, 0.25) is 5.88 Å². The lowest BCUT2D eigenvalue weighted by molar-refractivity contribution is 0.406. The highest BCUT2D eigenvalue weighted by Crippen LogP contribution is 2.41. The molecule has 4 rings (SSSR count). The van der Waals surface area contributed by atoms with Gasteiger partial charge in [0, 0.05) is 48.2 Å². The molecule has 0 saturated heterocycles. The summed E-state index contributed by atoms with van der Waals surface area (Å²) in [5, 5.41) is 18.3. The second kappa shape index (κ2) is 36.5. The molecule has 1 aromatic heterocycles. The summed E-state index contributed by atoms with van der Waals surface area (Å²) in [6.07, 6.45) is 48.2. The predicted octanol–water partition coefficient (Wildman–Crippen LogP) is 17.4. The van der Waals surface area contributed by atoms with E-state index in [1.807, 2.05) is 12.1 Å². The molecule has 0 fully saturated rings. The van der Waals surface area contributed by atoms with E-state index < -0.39 is 0 Å². The topological polar surface area (TPSA) is 106 Å². The van der Waals surface area contributed by atoms with Crippen LogP contribution in [0.4, 0.5) is 5.69 Å². The number of hydrogen-bond acceptors (Lipinski definition) is 6. The highest BCUT2D eigenvalue weighted by molar-refractivity contribution is 6.18. The summed E-state index contributed by atoms with van der Waals surface area (Å²) in [4.78, 5) is 49.6. The first-order valence-corrected chi connectivity index (χ1v) is 30.2. The Morgan fingerprint density at radius 1 is 0.414 bits per heavy atom. The van der Waals surface area contributed by atoms with Crippen LogP contribution in [0.15, 0.2) is 31.5 Å². The zero-order chi connectivity index (χ0) is 50.0. The lowest BCUT2D eigenvalue weighted by atomic mass is 9.89. The summed E-state index contributed by atoms with van der Waals surface area (Å²) in [5.41, 5.74) is 0.683. The van der Waals surface area contributed by atoms with Crippen molar-refractivity contribution in [2.75, 3.05) is 18.4 Å². The number of anilines is 1. The second-order valence-corrected chi connectivity index (χ2v) is 21.5. The summed E-state index contributed by atoms with van der Waals surface area (Å²) in [6, 6.07) is 3.74. The van der Waals surface area contributed by atoms with Gasteiger partial charge in [-0.3, -0.25) is 28.5 Å². The first kappa shape index (κ1) is 59.1. The van der Waals surface area contributed by atoms with Gasteiger partial charge in [0.1, 0.15) is 0 Å². The van der Waals surface area contributed by atoms with Crippen molar-refractivity contribution in [3.8, 4) is 17.0 Å². The van der Waals surface area contributed by atoms with Crippen molar-refractivity contribution in [3.63, 3.8) is 0 Å². The van der Waals surface area contributed by atoms with Crippen LogP contribution in [0.3, 0.4) is 0 Å². The van der Waals surface area contributed by atoms with E-state index in [1.165, 1.54) is 197 Å². The quantitative estimate of drug-likeness (QED) is 0.0339. The molecular formula is C62H104N4O4. The number of benzene rings is 2. The lowest BCUT2D eigenvalue weighted by Crippen LogP contribution is -2.37. The van der Waals surface area contributed by atoms with Gasteiger partial charge in [-0.05, 0) is 37.8 Å². The van der Waals surface area contributed by atoms with Crippen molar-refractivity contribution >= 4 is 27.2 Å². The molecule has 0 unspecified atom stereocenters. The fourth-order valence-electron chi connectivity index (χ4n) is 11.0. The van der Waals surface area contributed by atoms with E-state index in [0.29, 0.717) is 69.9 Å². The molecule has 0 saturated carbocycles. The van der Waals surface area contributed by atoms with E-state index in [-0.39, 0.29) is 22.6 Å². The number of nitrogens with one attached hydrogen (secondary N) is 1. The maximum atomic E-state index is 14.9. The third-order valence-corrected chi connectivity index (χ3v) is 15.4. The van der Waals surface area contributed by atoms with Crippen molar-refractivity contribution in [1.29, 1.82) is 0 Å². The van der Waals surface area contributed by atoms with Crippen LogP contribution >= 0.6 is 0 Å². The first-order chi connectivity index (χ1) is 34.4. The van der Waals surface area contributed by atoms with Gasteiger partial charge < -0.3 is 10.4 Å². The number of aromatic hydroxyl groups is 1. The zero-order valence-corrected chi connectivity index (χ0v) is 45.8. The number of unbranched alkanes of at least 4 members (excludes halogenated alkanes) is 36. The van der Waals surface area contributed by atoms with Crippen molar-refractivity contribution < 1.29 is 5.11 Å². The average Bonchev–Trinajstić information content (AvgIpc) is 3.36. The summed E-state index contributed by atoms with van der Waals surface area (Å²) < 4.78 is 3.02. The van der Waals surface area contributed by atoms with Crippen LogP contribution in [-0.4, -0.2) is 27.3 Å². The zero-order valence-electron chi connectivity index (χ0n) is 45.8. The van der Waals surface area contributed by atoms with Gasteiger partial charge in [-0.1, -0.05) is 259 Å². The smallest absolute Gasteiger partial charge is 0.263 e. The molecule has 70 heavy (non-hydrogen) atoms. The maximum Gasteiger partial charge on any atom is 0.263 e. The van der Waals surface area contributed by atoms with Crippen molar-refractivity contribution in [1.82, 2.24) is 9.13 Å². The van der Waals surface area contributed by atoms with E-state index in [9.17, 15) is 19.5 Å². The Morgan fingerprint density at radius 3 is 1.23 bits per heavy atom. The third-order valence-electron chi connectivity index (χ3n) is 15.4. The number of aromatic nitrogens is 2. The Hall–Kier alpha value is -3.42. The minimum absolute atomic E-state index is 0.0764. The Morgan fingerprint density at radius 2 is 0.786 bits per heavy atom. The Balaban J connectivity index is 1.66. The third kappa shape index (κ3) is 19.9. The molecule has 0 amide bonds. The minimum Gasteiger partial charge on any atom is -0.494 e. The first-order valence-electron chi connectivity index (χ1n) is 30.2. The van der Waals surface area contributed by atoms with Crippen molar-refractivity contribution in [2.45, 2.75) is 298 Å². The molecular weight excluding hydrogens is 865 g/mol. The van der Waals surface area contributed by atoms with Gasteiger partial charge in [-0.2, -0.15) is 0 Å². The molecule has 2 aliphatic rings. The van der Waals surface area contributed by atoms with Crippen LogP contribution in [0.1, 0.15) is 285 Å². The van der Waals surface area contributed by atoms with Crippen LogP contribution in [0.5, 0.6) is 5.88 Å². The summed E-state index contributed by atoms with van der Waals surface area (Å²) in [5.74, 6) is -0.0764. The van der Waals surface area contributed by atoms with Gasteiger partial charge in [0.15, 0.2) is 0 Å². The van der Waals surface area contributed by atoms with Crippen molar-refractivity contribution in [3.05, 3.63) is 48.6 Å². The number of hydrogen-bond donors (Lipinski definition) is 2. The normalized spacial score (nSPS) is 12.3. The fourth-order valence-corrected chi connectivity index (χ4v) is 11.0. The van der Waals surface area contributed by atoms with Gasteiger partial charge in [0.25, 0.3) is 16.7 Å². The van der Waals surface area contributed by atoms with Crippen molar-refractivity contribution in [2.24, 2.45) is 4.99 Å². The molecule has 8 nitrogen and oxygen atoms in total. The molecule has 0 bridgehead atoms. The predicted molar refractivity (Wildman–Crippen MR) is 303 cm³/mol. The highest BCUT2D eigenvalue weighted by Gasteiger charge is 2.29. The minimum atomic E-state index is -0.312. The molecule has 8 heteroatoms. The van der Waals surface area contributed by atoms with Crippen LogP contribution in [0.25, 0.3) is 32.7 Å². The number of rotatable bonds is 45. The van der Waals surface area contributed by atoms with Gasteiger partial charge in [-0.25, -0.2) is 0 Å². The van der Waals surface area contributed by atoms with Gasteiger partial charge in [0.05, 0.1) is 21.7 Å². The molecule has 396 valence electrons. The second-order valence-electron chi connectivity index (χ2n) is 21.5. The summed E-state index contributed by atoms with van der Waals surface area (Å²) in [6.45, 7) is 11.1. The largest absolute Gasteiger partial charge is 0.494 e. The molecule has 2 N–H and O–H groups in total. The van der Waals surface area contributed by atoms with Crippen LogP contribution in [-0.2, 0) is 13.1 Å². The number of nitrogens with zero attached hydrogens (tertiary/aromatic N) is 3. The average molecular weight is 970 g/mol. The van der Waals surface area contributed by atoms with Crippen LogP contribution in [0.2, 0.25) is 0 Å². The molecule has 0 spiro atoms. The maximum absolute atomic E-state index is 14.9. The van der Waals surface area contributed by atoms with E-state index in [2.05, 4.69) is 33.0 Å². The standard InChI is InChI=1S/C62H104N4O4/c1-5-9-13-17-21-25-29-33-37-41-45-63-53-49-51-56-55-52(60(68)65(61(69)57(53)55)47-43-39-35-31-27-23-19-15-11-7-3)50-54(64-46-42-38-34-30-26-22-18-14-10-6-2)58(56)62(70)66(59(51)67)48-44-40-36-32-28-24-20-16-12-8-4/h49-50,63,67H,5-48H2,1-4H3. The molecule has 2 aromatic rings. The van der Waals surface area contributed by atoms with Gasteiger partial charge in [-0.15, -0.1) is 0 Å². The monoisotopic (exact) mass is 969 g/mol. The Bertz CT molecular complexity index is 2170. The molecule has 2 heterocycles. The number of pyridine rings is 2. The molecule has 1 aliphatic carbocycles. The van der Waals surface area contributed by atoms with E-state index in [4.69, 9.17) is 4.99 Å². The van der Waals surface area contributed by atoms with Gasteiger partial charge >= 0.3 is 0 Å². The summed E-state index contributed by atoms with van der Waals surface area (Å²) >= 11 is 0. The van der Waals surface area contributed by atoms with E-state index in [0.717, 1.165) is 64.2 Å².